The summed E-state index contributed by atoms with van der Waals surface area (Å²) in [5, 5.41) is 0. The van der Waals surface area contributed by atoms with Crippen LogP contribution < -0.4 is 5.73 Å². The fraction of sp³-hybridized carbons (Fsp3) is 0.917. The predicted octanol–water partition coefficient (Wildman–Crippen LogP) is -0.572. The molecule has 1 heterocycles. The molecule has 0 aliphatic carbocycles. The molecule has 5 heteroatoms. The van der Waals surface area contributed by atoms with E-state index in [4.69, 9.17) is 5.73 Å². The number of nitrogens with two attached hydrogens (primary N) is 1. The second-order valence-electron chi connectivity index (χ2n) is 5.19. The molecule has 0 aromatic heterocycles. The van der Waals surface area contributed by atoms with Crippen molar-refractivity contribution >= 4 is 5.91 Å². The van der Waals surface area contributed by atoms with E-state index in [0.717, 1.165) is 26.1 Å². The number of likely N-dealkylation sites (N-methyl/N-ethyl adjacent to an activating group) is 2. The zero-order chi connectivity index (χ0) is 13.0. The molecule has 100 valence electrons. The van der Waals surface area contributed by atoms with Crippen molar-refractivity contribution in [3.8, 4) is 0 Å². The number of hydrogen-bond acceptors (Lipinski definition) is 4. The van der Waals surface area contributed by atoms with Gasteiger partial charge >= 0.3 is 0 Å². The first-order chi connectivity index (χ1) is 7.97. The quantitative estimate of drug-likeness (QED) is 0.717. The summed E-state index contributed by atoms with van der Waals surface area (Å²) in [5.41, 5.74) is 5.78. The van der Waals surface area contributed by atoms with Crippen molar-refractivity contribution in [1.29, 1.82) is 0 Å². The maximum absolute atomic E-state index is 12.2. The Morgan fingerprint density at radius 3 is 2.65 bits per heavy atom. The summed E-state index contributed by atoms with van der Waals surface area (Å²) < 4.78 is 0. The van der Waals surface area contributed by atoms with Gasteiger partial charge in [0.05, 0.1) is 0 Å². The molecule has 1 amide bonds. The smallest absolute Gasteiger partial charge is 0.240 e. The summed E-state index contributed by atoms with van der Waals surface area (Å²) in [5.74, 6) is 0.163. The van der Waals surface area contributed by atoms with Crippen LogP contribution in [0.3, 0.4) is 0 Å². The SMILES string of the molecule is CC1CCN(C)C(=O)C(CN)N1CCN(C)C. The van der Waals surface area contributed by atoms with Crippen LogP contribution in [0.5, 0.6) is 0 Å². The molecule has 1 saturated heterocycles. The molecule has 1 rings (SSSR count). The third-order valence-electron chi connectivity index (χ3n) is 3.54. The number of amides is 1. The van der Waals surface area contributed by atoms with E-state index in [9.17, 15) is 4.79 Å². The molecule has 2 unspecified atom stereocenters. The lowest BCUT2D eigenvalue weighted by Crippen LogP contribution is -2.52. The molecule has 0 bridgehead atoms. The van der Waals surface area contributed by atoms with Crippen molar-refractivity contribution in [1.82, 2.24) is 14.7 Å². The van der Waals surface area contributed by atoms with E-state index in [1.54, 1.807) is 0 Å². The van der Waals surface area contributed by atoms with E-state index in [1.165, 1.54) is 0 Å². The van der Waals surface area contributed by atoms with Gasteiger partial charge in [-0.05, 0) is 27.4 Å². The van der Waals surface area contributed by atoms with Crippen LogP contribution in [-0.2, 0) is 4.79 Å². The highest BCUT2D eigenvalue weighted by molar-refractivity contribution is 5.82. The number of hydrogen-bond donors (Lipinski definition) is 1. The Hall–Kier alpha value is -0.650. The van der Waals surface area contributed by atoms with E-state index in [2.05, 4.69) is 16.7 Å². The van der Waals surface area contributed by atoms with Gasteiger partial charge in [0.1, 0.15) is 6.04 Å². The lowest BCUT2D eigenvalue weighted by Gasteiger charge is -2.33. The third kappa shape index (κ3) is 3.66. The lowest BCUT2D eigenvalue weighted by molar-refractivity contribution is -0.134. The molecule has 1 aliphatic heterocycles. The van der Waals surface area contributed by atoms with E-state index in [0.29, 0.717) is 12.6 Å². The highest BCUT2D eigenvalue weighted by Crippen LogP contribution is 2.15. The summed E-state index contributed by atoms with van der Waals surface area (Å²) in [6.45, 7) is 5.27. The Balaban J connectivity index is 2.76. The van der Waals surface area contributed by atoms with Gasteiger partial charge < -0.3 is 15.5 Å². The Bertz CT molecular complexity index is 257. The zero-order valence-electron chi connectivity index (χ0n) is 11.5. The van der Waals surface area contributed by atoms with Crippen LogP contribution in [0, 0.1) is 0 Å². The lowest BCUT2D eigenvalue weighted by atomic mass is 10.1. The van der Waals surface area contributed by atoms with Crippen LogP contribution in [0.25, 0.3) is 0 Å². The van der Waals surface area contributed by atoms with Crippen molar-refractivity contribution in [3.63, 3.8) is 0 Å². The van der Waals surface area contributed by atoms with E-state index >= 15 is 0 Å². The third-order valence-corrected chi connectivity index (χ3v) is 3.54. The highest BCUT2D eigenvalue weighted by atomic mass is 16.2. The van der Waals surface area contributed by atoms with Gasteiger partial charge in [0, 0.05) is 39.3 Å². The molecule has 2 atom stereocenters. The number of rotatable bonds is 4. The van der Waals surface area contributed by atoms with Crippen molar-refractivity contribution < 1.29 is 4.79 Å². The maximum Gasteiger partial charge on any atom is 0.240 e. The Labute approximate surface area is 105 Å². The largest absolute Gasteiger partial charge is 0.344 e. The number of carbonyl (C=O) groups is 1. The summed E-state index contributed by atoms with van der Waals surface area (Å²) >= 11 is 0. The van der Waals surface area contributed by atoms with Crippen LogP contribution in [0.2, 0.25) is 0 Å². The molecular weight excluding hydrogens is 216 g/mol. The van der Waals surface area contributed by atoms with Gasteiger partial charge in [-0.2, -0.15) is 0 Å². The van der Waals surface area contributed by atoms with Gasteiger partial charge in [-0.1, -0.05) is 0 Å². The monoisotopic (exact) mass is 242 g/mol. The average Bonchev–Trinajstić information content (AvgIpc) is 2.38. The number of nitrogens with zero attached hydrogens (tertiary/aromatic N) is 3. The van der Waals surface area contributed by atoms with Crippen LogP contribution in [0.4, 0.5) is 0 Å². The fourth-order valence-corrected chi connectivity index (χ4v) is 2.29. The molecule has 1 fully saturated rings. The maximum atomic E-state index is 12.2. The fourth-order valence-electron chi connectivity index (χ4n) is 2.29. The van der Waals surface area contributed by atoms with E-state index in [1.807, 2.05) is 26.0 Å². The topological polar surface area (TPSA) is 52.8 Å². The second kappa shape index (κ2) is 6.33. The molecule has 17 heavy (non-hydrogen) atoms. The molecule has 1 aliphatic rings. The summed E-state index contributed by atoms with van der Waals surface area (Å²) in [4.78, 5) is 18.4. The predicted molar refractivity (Wildman–Crippen MR) is 69.8 cm³/mol. The molecule has 0 aromatic rings. The highest BCUT2D eigenvalue weighted by Gasteiger charge is 2.33. The van der Waals surface area contributed by atoms with Gasteiger partial charge in [0.2, 0.25) is 5.91 Å². The van der Waals surface area contributed by atoms with Gasteiger partial charge in [0.15, 0.2) is 0 Å². The minimum absolute atomic E-state index is 0.155. The van der Waals surface area contributed by atoms with E-state index < -0.39 is 0 Å². The Morgan fingerprint density at radius 1 is 1.47 bits per heavy atom. The van der Waals surface area contributed by atoms with Crippen LogP contribution in [-0.4, -0.2) is 80.0 Å². The molecular formula is C12H26N4O. The van der Waals surface area contributed by atoms with Gasteiger partial charge in [0.25, 0.3) is 0 Å². The summed E-state index contributed by atoms with van der Waals surface area (Å²) in [7, 11) is 5.97. The average molecular weight is 242 g/mol. The van der Waals surface area contributed by atoms with E-state index in [-0.39, 0.29) is 11.9 Å². The van der Waals surface area contributed by atoms with Crippen molar-refractivity contribution in [2.75, 3.05) is 47.3 Å². The first-order valence-corrected chi connectivity index (χ1v) is 6.33. The molecule has 5 nitrogen and oxygen atoms in total. The Kier molecular flexibility index (Phi) is 5.36. The number of carbonyl (C=O) groups excluding carboxylic acids is 1. The minimum atomic E-state index is -0.155. The molecule has 0 saturated carbocycles. The zero-order valence-corrected chi connectivity index (χ0v) is 11.5. The Morgan fingerprint density at radius 2 is 2.12 bits per heavy atom. The minimum Gasteiger partial charge on any atom is -0.344 e. The van der Waals surface area contributed by atoms with Crippen molar-refractivity contribution in [3.05, 3.63) is 0 Å². The first-order valence-electron chi connectivity index (χ1n) is 6.33. The van der Waals surface area contributed by atoms with Crippen LogP contribution in [0.1, 0.15) is 13.3 Å². The van der Waals surface area contributed by atoms with Crippen molar-refractivity contribution in [2.45, 2.75) is 25.4 Å². The normalized spacial score (nSPS) is 27.6. The van der Waals surface area contributed by atoms with Crippen LogP contribution >= 0.6 is 0 Å². The molecule has 0 spiro atoms. The molecule has 0 radical (unpaired) electrons. The summed E-state index contributed by atoms with van der Waals surface area (Å²) in [6, 6.07) is 0.259. The first kappa shape index (κ1) is 14.4. The molecule has 0 aromatic carbocycles. The van der Waals surface area contributed by atoms with Gasteiger partial charge in [-0.15, -0.1) is 0 Å². The second-order valence-corrected chi connectivity index (χ2v) is 5.19. The van der Waals surface area contributed by atoms with Gasteiger partial charge in [-0.25, -0.2) is 0 Å². The standard InChI is InChI=1S/C12H26N4O/c1-10-5-6-15(4)12(17)11(9-13)16(10)8-7-14(2)3/h10-11H,5-9,13H2,1-4H3. The van der Waals surface area contributed by atoms with Gasteiger partial charge in [-0.3, -0.25) is 9.69 Å². The van der Waals surface area contributed by atoms with Crippen LogP contribution in [0.15, 0.2) is 0 Å². The van der Waals surface area contributed by atoms with Crippen molar-refractivity contribution in [2.24, 2.45) is 5.73 Å². The molecule has 2 N–H and O–H groups in total. The summed E-state index contributed by atoms with van der Waals surface area (Å²) in [6.07, 6.45) is 1.02.